The quantitative estimate of drug-likeness (QED) is 0.187. The first-order valence-electron chi connectivity index (χ1n) is 5.85. The lowest BCUT2D eigenvalue weighted by Crippen LogP contribution is -2.20. The molecule has 0 unspecified atom stereocenters. The largest absolute Gasteiger partial charge is 0.465 e. The minimum Gasteiger partial charge on any atom is -0.465 e. The SMILES string of the molecule is C=CCN(/C=C(\C=O)C(=O)OC)Cc1ccccc1. The fourth-order valence-corrected chi connectivity index (χ4v) is 1.59. The number of benzene rings is 1. The number of ether oxygens (including phenoxy) is 1. The average molecular weight is 259 g/mol. The summed E-state index contributed by atoms with van der Waals surface area (Å²) in [5, 5.41) is 0. The first kappa shape index (κ1) is 14.7. The molecule has 100 valence electrons. The Morgan fingerprint density at radius 1 is 1.37 bits per heavy atom. The molecule has 0 radical (unpaired) electrons. The predicted octanol–water partition coefficient (Wildman–Crippen LogP) is 1.93. The first-order valence-corrected chi connectivity index (χ1v) is 5.85. The van der Waals surface area contributed by atoms with E-state index < -0.39 is 5.97 Å². The monoisotopic (exact) mass is 259 g/mol. The fourth-order valence-electron chi connectivity index (χ4n) is 1.59. The van der Waals surface area contributed by atoms with Gasteiger partial charge in [-0.25, -0.2) is 4.79 Å². The highest BCUT2D eigenvalue weighted by Crippen LogP contribution is 2.07. The van der Waals surface area contributed by atoms with Crippen molar-refractivity contribution < 1.29 is 14.3 Å². The summed E-state index contributed by atoms with van der Waals surface area (Å²) in [5.41, 5.74) is 1.07. The number of hydrogen-bond acceptors (Lipinski definition) is 4. The Hall–Kier alpha value is -2.36. The van der Waals surface area contributed by atoms with Gasteiger partial charge >= 0.3 is 5.97 Å². The van der Waals surface area contributed by atoms with E-state index in [1.54, 1.807) is 6.08 Å². The van der Waals surface area contributed by atoms with Gasteiger partial charge in [0.1, 0.15) is 5.57 Å². The number of carbonyl (C=O) groups is 2. The minimum absolute atomic E-state index is 0.0136. The Morgan fingerprint density at radius 3 is 2.58 bits per heavy atom. The molecule has 0 aliphatic heterocycles. The summed E-state index contributed by atoms with van der Waals surface area (Å²) in [7, 11) is 1.24. The molecule has 1 aromatic carbocycles. The lowest BCUT2D eigenvalue weighted by atomic mass is 10.2. The molecule has 0 amide bonds. The number of hydrogen-bond donors (Lipinski definition) is 0. The Bertz CT molecular complexity index is 466. The Labute approximate surface area is 113 Å². The van der Waals surface area contributed by atoms with Gasteiger partial charge in [-0.3, -0.25) is 4.79 Å². The van der Waals surface area contributed by atoms with Crippen molar-refractivity contribution in [3.05, 3.63) is 60.3 Å². The number of methoxy groups -OCH3 is 1. The second-order valence-electron chi connectivity index (χ2n) is 3.90. The van der Waals surface area contributed by atoms with Gasteiger partial charge in [0.25, 0.3) is 0 Å². The van der Waals surface area contributed by atoms with E-state index in [1.807, 2.05) is 35.2 Å². The summed E-state index contributed by atoms with van der Waals surface area (Å²) in [6, 6.07) is 9.76. The standard InChI is InChI=1S/C15H17NO3/c1-3-9-16(10-13-7-5-4-6-8-13)11-14(12-17)15(18)19-2/h3-8,11-12H,1,9-10H2,2H3/b14-11+. The fraction of sp³-hybridized carbons (Fsp3) is 0.200. The van der Waals surface area contributed by atoms with E-state index in [9.17, 15) is 9.59 Å². The highest BCUT2D eigenvalue weighted by Gasteiger charge is 2.10. The molecule has 1 rings (SSSR count). The molecule has 0 aromatic heterocycles. The molecule has 0 saturated heterocycles. The molecule has 0 aliphatic rings. The molecule has 0 N–H and O–H groups in total. The number of rotatable bonds is 7. The maximum absolute atomic E-state index is 11.4. The molecule has 0 aliphatic carbocycles. The molecule has 0 atom stereocenters. The van der Waals surface area contributed by atoms with Crippen LogP contribution in [0.1, 0.15) is 5.56 Å². The molecule has 1 aromatic rings. The maximum Gasteiger partial charge on any atom is 0.342 e. The van der Waals surface area contributed by atoms with Crippen LogP contribution in [0.3, 0.4) is 0 Å². The van der Waals surface area contributed by atoms with Gasteiger partial charge in [-0.1, -0.05) is 36.4 Å². The summed E-state index contributed by atoms with van der Waals surface area (Å²) in [5.74, 6) is -0.642. The van der Waals surface area contributed by atoms with E-state index in [0.717, 1.165) is 5.56 Å². The molecular formula is C15H17NO3. The Kier molecular flexibility index (Phi) is 6.09. The van der Waals surface area contributed by atoms with Crippen molar-refractivity contribution in [2.45, 2.75) is 6.54 Å². The van der Waals surface area contributed by atoms with Crippen molar-refractivity contribution in [1.29, 1.82) is 0 Å². The predicted molar refractivity (Wildman–Crippen MR) is 73.2 cm³/mol. The van der Waals surface area contributed by atoms with Gasteiger partial charge in [-0.15, -0.1) is 6.58 Å². The molecule has 0 spiro atoms. The third-order valence-electron chi connectivity index (χ3n) is 2.46. The van der Waals surface area contributed by atoms with Gasteiger partial charge in [0.2, 0.25) is 0 Å². The van der Waals surface area contributed by atoms with Gasteiger partial charge < -0.3 is 9.64 Å². The van der Waals surface area contributed by atoms with Crippen molar-refractivity contribution in [2.24, 2.45) is 0 Å². The Morgan fingerprint density at radius 2 is 2.05 bits per heavy atom. The normalized spacial score (nSPS) is 10.7. The molecule has 4 nitrogen and oxygen atoms in total. The highest BCUT2D eigenvalue weighted by molar-refractivity contribution is 6.07. The van der Waals surface area contributed by atoms with Crippen LogP contribution < -0.4 is 0 Å². The van der Waals surface area contributed by atoms with Crippen LogP contribution in [0, 0.1) is 0 Å². The number of aldehydes is 1. The zero-order valence-electron chi connectivity index (χ0n) is 10.9. The van der Waals surface area contributed by atoms with Crippen molar-refractivity contribution in [3.8, 4) is 0 Å². The second kappa shape index (κ2) is 7.87. The van der Waals surface area contributed by atoms with Crippen LogP contribution in [0.25, 0.3) is 0 Å². The van der Waals surface area contributed by atoms with Crippen LogP contribution in [0.15, 0.2) is 54.8 Å². The molecule has 19 heavy (non-hydrogen) atoms. The van der Waals surface area contributed by atoms with E-state index in [1.165, 1.54) is 13.3 Å². The molecule has 4 heteroatoms. The van der Waals surface area contributed by atoms with E-state index in [2.05, 4.69) is 11.3 Å². The van der Waals surface area contributed by atoms with E-state index in [4.69, 9.17) is 0 Å². The highest BCUT2D eigenvalue weighted by atomic mass is 16.5. The van der Waals surface area contributed by atoms with E-state index >= 15 is 0 Å². The van der Waals surface area contributed by atoms with E-state index in [-0.39, 0.29) is 5.57 Å². The smallest absolute Gasteiger partial charge is 0.342 e. The van der Waals surface area contributed by atoms with Gasteiger partial charge in [0.15, 0.2) is 6.29 Å². The molecule has 0 bridgehead atoms. The topological polar surface area (TPSA) is 46.6 Å². The molecule has 0 heterocycles. The number of nitrogens with zero attached hydrogens (tertiary/aromatic N) is 1. The third-order valence-corrected chi connectivity index (χ3v) is 2.46. The summed E-state index contributed by atoms with van der Waals surface area (Å²) in [6.07, 6.45) is 3.69. The second-order valence-corrected chi connectivity index (χ2v) is 3.90. The molecule has 0 fully saturated rings. The van der Waals surface area contributed by atoms with Crippen molar-refractivity contribution >= 4 is 12.3 Å². The van der Waals surface area contributed by atoms with E-state index in [0.29, 0.717) is 19.4 Å². The first-order chi connectivity index (χ1) is 9.21. The van der Waals surface area contributed by atoms with Crippen LogP contribution in [-0.4, -0.2) is 30.8 Å². The van der Waals surface area contributed by atoms with Crippen LogP contribution in [-0.2, 0) is 20.9 Å². The van der Waals surface area contributed by atoms with Crippen molar-refractivity contribution in [3.63, 3.8) is 0 Å². The summed E-state index contributed by atoms with van der Waals surface area (Å²) < 4.78 is 4.54. The lowest BCUT2D eigenvalue weighted by Gasteiger charge is -2.19. The van der Waals surface area contributed by atoms with Gasteiger partial charge in [0, 0.05) is 19.3 Å². The van der Waals surface area contributed by atoms with Crippen LogP contribution >= 0.6 is 0 Å². The van der Waals surface area contributed by atoms with Gasteiger partial charge in [0.05, 0.1) is 7.11 Å². The average Bonchev–Trinajstić information content (AvgIpc) is 2.45. The summed E-state index contributed by atoms with van der Waals surface area (Å²) in [6.45, 7) is 4.78. The number of esters is 1. The van der Waals surface area contributed by atoms with Crippen LogP contribution in [0.4, 0.5) is 0 Å². The minimum atomic E-state index is -0.642. The van der Waals surface area contributed by atoms with Crippen LogP contribution in [0.2, 0.25) is 0 Å². The lowest BCUT2D eigenvalue weighted by molar-refractivity contribution is -0.136. The molecule has 0 saturated carbocycles. The van der Waals surface area contributed by atoms with Crippen LogP contribution in [0.5, 0.6) is 0 Å². The van der Waals surface area contributed by atoms with Crippen molar-refractivity contribution in [2.75, 3.05) is 13.7 Å². The molecular weight excluding hydrogens is 242 g/mol. The number of carbonyl (C=O) groups excluding carboxylic acids is 2. The zero-order valence-corrected chi connectivity index (χ0v) is 10.9. The summed E-state index contributed by atoms with van der Waals surface area (Å²) in [4.78, 5) is 24.1. The van der Waals surface area contributed by atoms with Gasteiger partial charge in [-0.2, -0.15) is 0 Å². The van der Waals surface area contributed by atoms with Gasteiger partial charge in [-0.05, 0) is 5.56 Å². The maximum atomic E-state index is 11.4. The summed E-state index contributed by atoms with van der Waals surface area (Å²) >= 11 is 0. The third kappa shape index (κ3) is 4.79. The zero-order chi connectivity index (χ0) is 14.1. The Balaban J connectivity index is 2.87. The van der Waals surface area contributed by atoms with Crippen molar-refractivity contribution in [1.82, 2.24) is 4.90 Å².